The fourth-order valence-corrected chi connectivity index (χ4v) is 4.53. The van der Waals surface area contributed by atoms with E-state index in [4.69, 9.17) is 4.74 Å². The molecule has 4 rings (SSSR count). The number of carbonyl (C=O) groups is 2. The molecule has 0 aliphatic carbocycles. The molecule has 1 atom stereocenters. The van der Waals surface area contributed by atoms with Gasteiger partial charge in [0.25, 0.3) is 0 Å². The molecular weight excluding hydrogens is 433 g/mol. The number of rotatable bonds is 6. The Hall–Kier alpha value is -3.32. The van der Waals surface area contributed by atoms with E-state index in [1.807, 2.05) is 18.3 Å². The number of ether oxygens (including phenoxy) is 1. The number of pyridine rings is 1. The van der Waals surface area contributed by atoms with Crippen molar-refractivity contribution in [1.29, 1.82) is 0 Å². The van der Waals surface area contributed by atoms with Crippen molar-refractivity contribution in [3.8, 4) is 0 Å². The summed E-state index contributed by atoms with van der Waals surface area (Å²) in [6.07, 6.45) is 4.43. The van der Waals surface area contributed by atoms with Crippen molar-refractivity contribution in [3.05, 3.63) is 77.9 Å². The SMILES string of the molecule is CC(C)(NC(=O)Cc1cccc(F)c1)C(=O)N1CCOC[C@@H](Cc2cccc3ccncc23)C1. The van der Waals surface area contributed by atoms with Crippen LogP contribution in [0.2, 0.25) is 0 Å². The van der Waals surface area contributed by atoms with Gasteiger partial charge >= 0.3 is 0 Å². The summed E-state index contributed by atoms with van der Waals surface area (Å²) in [5.74, 6) is -0.751. The molecule has 3 aromatic rings. The number of halogens is 1. The summed E-state index contributed by atoms with van der Waals surface area (Å²) in [6.45, 7) is 5.43. The van der Waals surface area contributed by atoms with Gasteiger partial charge < -0.3 is 15.0 Å². The number of nitrogens with zero attached hydrogens (tertiary/aromatic N) is 2. The van der Waals surface area contributed by atoms with Crippen LogP contribution in [-0.2, 0) is 27.2 Å². The third-order valence-electron chi connectivity index (χ3n) is 6.15. The van der Waals surface area contributed by atoms with Crippen molar-refractivity contribution >= 4 is 22.6 Å². The van der Waals surface area contributed by atoms with E-state index in [0.717, 1.165) is 17.2 Å². The van der Waals surface area contributed by atoms with Gasteiger partial charge in [0.15, 0.2) is 0 Å². The van der Waals surface area contributed by atoms with Crippen LogP contribution in [-0.4, -0.2) is 53.5 Å². The lowest BCUT2D eigenvalue weighted by Gasteiger charge is -2.33. The maximum atomic E-state index is 13.4. The molecule has 178 valence electrons. The van der Waals surface area contributed by atoms with Gasteiger partial charge in [-0.3, -0.25) is 14.6 Å². The minimum Gasteiger partial charge on any atom is -0.379 e. The molecule has 0 radical (unpaired) electrons. The van der Waals surface area contributed by atoms with Crippen molar-refractivity contribution in [2.45, 2.75) is 32.2 Å². The van der Waals surface area contributed by atoms with Gasteiger partial charge in [-0.15, -0.1) is 0 Å². The molecule has 1 aromatic heterocycles. The number of nitrogens with one attached hydrogen (secondary N) is 1. The number of carbonyl (C=O) groups excluding carboxylic acids is 2. The summed E-state index contributed by atoms with van der Waals surface area (Å²) in [4.78, 5) is 32.0. The minimum absolute atomic E-state index is 0.00925. The second-order valence-electron chi connectivity index (χ2n) is 9.39. The molecule has 1 aliphatic heterocycles. The van der Waals surface area contributed by atoms with Crippen molar-refractivity contribution < 1.29 is 18.7 Å². The summed E-state index contributed by atoms with van der Waals surface area (Å²) in [6, 6.07) is 14.1. The van der Waals surface area contributed by atoms with Crippen LogP contribution in [0.1, 0.15) is 25.0 Å². The maximum absolute atomic E-state index is 13.4. The molecule has 1 N–H and O–H groups in total. The van der Waals surface area contributed by atoms with Crippen LogP contribution in [0.5, 0.6) is 0 Å². The zero-order valence-corrected chi connectivity index (χ0v) is 19.6. The first-order chi connectivity index (χ1) is 16.3. The van der Waals surface area contributed by atoms with E-state index in [2.05, 4.69) is 22.4 Å². The first kappa shape index (κ1) is 23.8. The van der Waals surface area contributed by atoms with E-state index in [1.54, 1.807) is 37.1 Å². The van der Waals surface area contributed by atoms with Gasteiger partial charge in [-0.05, 0) is 55.0 Å². The molecule has 1 fully saturated rings. The van der Waals surface area contributed by atoms with Gasteiger partial charge in [0.2, 0.25) is 11.8 Å². The number of benzene rings is 2. The lowest BCUT2D eigenvalue weighted by Crippen LogP contribution is -2.57. The first-order valence-corrected chi connectivity index (χ1v) is 11.6. The van der Waals surface area contributed by atoms with Gasteiger partial charge in [0, 0.05) is 36.8 Å². The molecule has 6 nitrogen and oxygen atoms in total. The molecule has 2 heterocycles. The standard InChI is InChI=1S/C27H30FN3O3/c1-27(2,30-25(32)15-19-5-3-8-23(28)14-19)26(33)31-11-12-34-18-20(17-31)13-22-7-4-6-21-9-10-29-16-24(21)22/h3-10,14,16,20H,11-13,15,17-18H2,1-2H3,(H,30,32)/t20-/m0/s1. The summed E-state index contributed by atoms with van der Waals surface area (Å²) in [5.41, 5.74) is 0.646. The highest BCUT2D eigenvalue weighted by atomic mass is 19.1. The van der Waals surface area contributed by atoms with Gasteiger partial charge in [-0.1, -0.05) is 30.3 Å². The fraction of sp³-hybridized carbons (Fsp3) is 0.370. The monoisotopic (exact) mass is 463 g/mol. The summed E-state index contributed by atoms with van der Waals surface area (Å²) >= 11 is 0. The number of amides is 2. The molecule has 1 saturated heterocycles. The molecule has 0 saturated carbocycles. The Balaban J connectivity index is 1.42. The summed E-state index contributed by atoms with van der Waals surface area (Å²) in [5, 5.41) is 5.07. The van der Waals surface area contributed by atoms with E-state index in [1.165, 1.54) is 17.7 Å². The van der Waals surface area contributed by atoms with E-state index in [0.29, 0.717) is 31.9 Å². The van der Waals surface area contributed by atoms with Crippen molar-refractivity contribution in [2.24, 2.45) is 5.92 Å². The Bertz CT molecular complexity index is 1180. The van der Waals surface area contributed by atoms with E-state index < -0.39 is 11.4 Å². The average Bonchev–Trinajstić information content (AvgIpc) is 3.04. The molecule has 1 aliphatic rings. The van der Waals surface area contributed by atoms with Crippen LogP contribution in [0.4, 0.5) is 4.39 Å². The predicted molar refractivity (Wildman–Crippen MR) is 129 cm³/mol. The minimum atomic E-state index is -1.09. The van der Waals surface area contributed by atoms with Crippen LogP contribution in [0.25, 0.3) is 10.8 Å². The van der Waals surface area contributed by atoms with Gasteiger partial charge in [-0.2, -0.15) is 0 Å². The predicted octanol–water partition coefficient (Wildman–Crippen LogP) is 3.53. The smallest absolute Gasteiger partial charge is 0.247 e. The number of hydrogen-bond acceptors (Lipinski definition) is 4. The van der Waals surface area contributed by atoms with Gasteiger partial charge in [0.1, 0.15) is 11.4 Å². The highest BCUT2D eigenvalue weighted by molar-refractivity contribution is 5.91. The van der Waals surface area contributed by atoms with Crippen LogP contribution in [0.3, 0.4) is 0 Å². The summed E-state index contributed by atoms with van der Waals surface area (Å²) < 4.78 is 19.3. The highest BCUT2D eigenvalue weighted by Crippen LogP contribution is 2.23. The van der Waals surface area contributed by atoms with Crippen LogP contribution < -0.4 is 5.32 Å². The van der Waals surface area contributed by atoms with Crippen molar-refractivity contribution in [1.82, 2.24) is 15.2 Å². The number of fused-ring (bicyclic) bond motifs is 1. The zero-order valence-electron chi connectivity index (χ0n) is 19.6. The Kier molecular flexibility index (Phi) is 7.22. The zero-order chi connectivity index (χ0) is 24.1. The average molecular weight is 464 g/mol. The topological polar surface area (TPSA) is 71.5 Å². The molecule has 0 bridgehead atoms. The normalized spacial score (nSPS) is 16.8. The van der Waals surface area contributed by atoms with Crippen molar-refractivity contribution in [2.75, 3.05) is 26.3 Å². The number of hydrogen-bond donors (Lipinski definition) is 1. The number of aromatic nitrogens is 1. The lowest BCUT2D eigenvalue weighted by atomic mass is 9.95. The third-order valence-corrected chi connectivity index (χ3v) is 6.15. The van der Waals surface area contributed by atoms with Crippen LogP contribution >= 0.6 is 0 Å². The summed E-state index contributed by atoms with van der Waals surface area (Å²) in [7, 11) is 0. The molecule has 2 amide bonds. The molecule has 7 heteroatoms. The largest absolute Gasteiger partial charge is 0.379 e. The van der Waals surface area contributed by atoms with Gasteiger partial charge in [-0.25, -0.2) is 4.39 Å². The van der Waals surface area contributed by atoms with Crippen molar-refractivity contribution in [3.63, 3.8) is 0 Å². The second kappa shape index (κ2) is 10.3. The lowest BCUT2D eigenvalue weighted by molar-refractivity contribution is -0.140. The molecule has 0 spiro atoms. The Morgan fingerprint density at radius 3 is 2.85 bits per heavy atom. The van der Waals surface area contributed by atoms with Crippen LogP contribution in [0.15, 0.2) is 60.9 Å². The Morgan fingerprint density at radius 1 is 1.21 bits per heavy atom. The Morgan fingerprint density at radius 2 is 2.03 bits per heavy atom. The molecular formula is C27H30FN3O3. The molecule has 0 unspecified atom stereocenters. The fourth-order valence-electron chi connectivity index (χ4n) is 4.53. The highest BCUT2D eigenvalue weighted by Gasteiger charge is 2.35. The van der Waals surface area contributed by atoms with E-state index >= 15 is 0 Å². The molecule has 34 heavy (non-hydrogen) atoms. The Labute approximate surface area is 199 Å². The maximum Gasteiger partial charge on any atom is 0.247 e. The second-order valence-corrected chi connectivity index (χ2v) is 9.39. The molecule has 2 aromatic carbocycles. The van der Waals surface area contributed by atoms with E-state index in [-0.39, 0.29) is 24.2 Å². The first-order valence-electron chi connectivity index (χ1n) is 11.6. The third kappa shape index (κ3) is 5.78. The quantitative estimate of drug-likeness (QED) is 0.607. The van der Waals surface area contributed by atoms with Gasteiger partial charge in [0.05, 0.1) is 19.6 Å². The van der Waals surface area contributed by atoms with E-state index in [9.17, 15) is 14.0 Å². The van der Waals surface area contributed by atoms with Crippen LogP contribution in [0, 0.1) is 11.7 Å².